The highest BCUT2D eigenvalue weighted by molar-refractivity contribution is 5.79. The molecular weight excluding hydrogens is 331 g/mol. The molecule has 1 unspecified atom stereocenters. The Morgan fingerprint density at radius 1 is 1.44 bits per heavy atom. The lowest BCUT2D eigenvalue weighted by molar-refractivity contribution is -0.137. The summed E-state index contributed by atoms with van der Waals surface area (Å²) in [5.74, 6) is 6.76. The quantitative estimate of drug-likeness (QED) is 0.516. The maximum Gasteiger partial charge on any atom is 0.416 e. The van der Waals surface area contributed by atoms with Gasteiger partial charge in [-0.2, -0.15) is 13.2 Å². The second-order valence-corrected chi connectivity index (χ2v) is 5.89. The zero-order valence-electron chi connectivity index (χ0n) is 14.4. The lowest BCUT2D eigenvalue weighted by Gasteiger charge is -2.23. The average molecular weight is 353 g/mol. The van der Waals surface area contributed by atoms with Gasteiger partial charge in [0.05, 0.1) is 18.7 Å². The lowest BCUT2D eigenvalue weighted by atomic mass is 10.1. The Morgan fingerprint density at radius 2 is 2.24 bits per heavy atom. The molecule has 0 spiro atoms. The fourth-order valence-corrected chi connectivity index (χ4v) is 2.63. The Balaban J connectivity index is 1.88. The van der Waals surface area contributed by atoms with Crippen LogP contribution in [0.25, 0.3) is 0 Å². The number of hydrogen-bond acceptors (Lipinski definition) is 2. The molecule has 136 valence electrons. The van der Waals surface area contributed by atoms with Crippen molar-refractivity contribution in [2.45, 2.75) is 12.6 Å². The van der Waals surface area contributed by atoms with Crippen LogP contribution in [-0.4, -0.2) is 51.3 Å². The van der Waals surface area contributed by atoms with E-state index in [9.17, 15) is 13.2 Å². The van der Waals surface area contributed by atoms with Gasteiger partial charge >= 0.3 is 6.18 Å². The first-order chi connectivity index (χ1) is 11.9. The van der Waals surface area contributed by atoms with E-state index in [2.05, 4.69) is 22.2 Å². The molecule has 0 aliphatic carbocycles. The molecule has 1 heterocycles. The molecule has 1 aromatic carbocycles. The zero-order chi connectivity index (χ0) is 18.3. The number of aliphatic imine (C=N–C) groups is 1. The van der Waals surface area contributed by atoms with Crippen LogP contribution in [0.2, 0.25) is 0 Å². The van der Waals surface area contributed by atoms with Crippen LogP contribution in [0.15, 0.2) is 29.3 Å². The van der Waals surface area contributed by atoms with Crippen LogP contribution >= 0.6 is 0 Å². The first kappa shape index (κ1) is 19.1. The minimum atomic E-state index is -4.36. The number of ether oxygens (including phenoxy) is 1. The van der Waals surface area contributed by atoms with Crippen LogP contribution < -0.4 is 5.32 Å². The Hall–Kier alpha value is -2.20. The number of nitrogens with zero attached hydrogens (tertiary/aromatic N) is 2. The summed E-state index contributed by atoms with van der Waals surface area (Å²) in [6.07, 6.45) is -3.32. The largest absolute Gasteiger partial charge is 0.416 e. The molecule has 0 amide bonds. The summed E-state index contributed by atoms with van der Waals surface area (Å²) in [7, 11) is 3.62. The molecule has 25 heavy (non-hydrogen) atoms. The molecule has 0 saturated carbocycles. The Morgan fingerprint density at radius 3 is 2.88 bits per heavy atom. The first-order valence-corrected chi connectivity index (χ1v) is 8.06. The highest BCUT2D eigenvalue weighted by atomic mass is 19.4. The molecule has 7 heteroatoms. The van der Waals surface area contributed by atoms with Crippen LogP contribution in [0.3, 0.4) is 0 Å². The minimum absolute atomic E-state index is 0.300. The van der Waals surface area contributed by atoms with Crippen molar-refractivity contribution in [3.63, 3.8) is 0 Å². The van der Waals surface area contributed by atoms with Crippen molar-refractivity contribution in [3.8, 4) is 11.8 Å². The van der Waals surface area contributed by atoms with Crippen molar-refractivity contribution >= 4 is 5.96 Å². The maximum atomic E-state index is 12.7. The van der Waals surface area contributed by atoms with Crippen LogP contribution in [0.1, 0.15) is 17.5 Å². The van der Waals surface area contributed by atoms with Crippen molar-refractivity contribution in [1.29, 1.82) is 0 Å². The summed E-state index contributed by atoms with van der Waals surface area (Å²) in [4.78, 5) is 6.20. The van der Waals surface area contributed by atoms with Crippen LogP contribution in [-0.2, 0) is 10.9 Å². The normalized spacial score (nSPS) is 17.8. The van der Waals surface area contributed by atoms with Gasteiger partial charge in [0.25, 0.3) is 0 Å². The molecular formula is C18H22F3N3O. The molecule has 2 rings (SSSR count). The predicted molar refractivity (Wildman–Crippen MR) is 91.2 cm³/mol. The molecule has 0 bridgehead atoms. The molecule has 0 radical (unpaired) electrons. The Labute approximate surface area is 146 Å². The Kier molecular flexibility index (Phi) is 6.71. The average Bonchev–Trinajstić information content (AvgIpc) is 3.07. The van der Waals surface area contributed by atoms with E-state index in [0.29, 0.717) is 24.0 Å². The van der Waals surface area contributed by atoms with Crippen LogP contribution in [0, 0.1) is 17.8 Å². The molecule has 1 aliphatic heterocycles. The number of rotatable bonds is 3. The number of alkyl halides is 3. The van der Waals surface area contributed by atoms with Crippen molar-refractivity contribution in [1.82, 2.24) is 10.2 Å². The van der Waals surface area contributed by atoms with Gasteiger partial charge < -0.3 is 15.0 Å². The zero-order valence-corrected chi connectivity index (χ0v) is 14.4. The fourth-order valence-electron chi connectivity index (χ4n) is 2.63. The van der Waals surface area contributed by atoms with E-state index in [1.807, 2.05) is 11.9 Å². The predicted octanol–water partition coefficient (Wildman–Crippen LogP) is 2.60. The van der Waals surface area contributed by atoms with Gasteiger partial charge in [0.1, 0.15) is 0 Å². The summed E-state index contributed by atoms with van der Waals surface area (Å²) < 4.78 is 43.4. The van der Waals surface area contributed by atoms with Crippen LogP contribution in [0.4, 0.5) is 13.2 Å². The summed E-state index contributed by atoms with van der Waals surface area (Å²) in [6.45, 7) is 2.69. The van der Waals surface area contributed by atoms with Gasteiger partial charge in [-0.15, -0.1) is 0 Å². The topological polar surface area (TPSA) is 36.9 Å². The third-order valence-corrected chi connectivity index (χ3v) is 3.89. The molecule has 4 nitrogen and oxygen atoms in total. The highest BCUT2D eigenvalue weighted by Crippen LogP contribution is 2.29. The third kappa shape index (κ3) is 5.98. The molecule has 1 atom stereocenters. The number of halogens is 3. The monoisotopic (exact) mass is 353 g/mol. The van der Waals surface area contributed by atoms with E-state index in [4.69, 9.17) is 4.74 Å². The van der Waals surface area contributed by atoms with Crippen molar-refractivity contribution in [2.75, 3.05) is 40.4 Å². The van der Waals surface area contributed by atoms with Crippen molar-refractivity contribution < 1.29 is 17.9 Å². The number of hydrogen-bond donors (Lipinski definition) is 1. The lowest BCUT2D eigenvalue weighted by Crippen LogP contribution is -2.41. The van der Waals surface area contributed by atoms with Gasteiger partial charge in [0.2, 0.25) is 0 Å². The minimum Gasteiger partial charge on any atom is -0.381 e. The smallest absolute Gasteiger partial charge is 0.381 e. The fraction of sp³-hybridized carbons (Fsp3) is 0.500. The SMILES string of the molecule is CN=C(NCC#Cc1cccc(C(F)(F)F)c1)N(C)CC1CCOC1. The van der Waals surface area contributed by atoms with Gasteiger partial charge in [-0.25, -0.2) is 0 Å². The summed E-state index contributed by atoms with van der Waals surface area (Å²) >= 11 is 0. The van der Waals surface area contributed by atoms with Crippen LogP contribution in [0.5, 0.6) is 0 Å². The third-order valence-electron chi connectivity index (χ3n) is 3.89. The summed E-state index contributed by atoms with van der Waals surface area (Å²) in [5, 5.41) is 3.10. The number of nitrogens with one attached hydrogen (secondary N) is 1. The molecule has 1 aromatic rings. The highest BCUT2D eigenvalue weighted by Gasteiger charge is 2.30. The molecule has 1 N–H and O–H groups in total. The molecule has 1 saturated heterocycles. The second kappa shape index (κ2) is 8.77. The standard InChI is InChI=1S/C18H22F3N3O/c1-22-17(24(2)12-15-8-10-25-13-15)23-9-4-6-14-5-3-7-16(11-14)18(19,20)21/h3,5,7,11,15H,8-10,12-13H2,1-2H3,(H,22,23). The maximum absolute atomic E-state index is 12.7. The molecule has 0 aromatic heterocycles. The van der Waals surface area contributed by atoms with Crippen molar-refractivity contribution in [3.05, 3.63) is 35.4 Å². The molecule has 1 fully saturated rings. The van der Waals surface area contributed by atoms with Gasteiger partial charge in [0, 0.05) is 38.7 Å². The van der Waals surface area contributed by atoms with E-state index in [0.717, 1.165) is 38.3 Å². The van der Waals surface area contributed by atoms with E-state index in [1.54, 1.807) is 13.1 Å². The first-order valence-electron chi connectivity index (χ1n) is 8.06. The summed E-state index contributed by atoms with van der Waals surface area (Å²) in [5.41, 5.74) is -0.357. The van der Waals surface area contributed by atoms with Crippen molar-refractivity contribution in [2.24, 2.45) is 10.9 Å². The number of benzene rings is 1. The summed E-state index contributed by atoms with van der Waals surface area (Å²) in [6, 6.07) is 5.00. The van der Waals surface area contributed by atoms with Gasteiger partial charge in [0.15, 0.2) is 5.96 Å². The van der Waals surface area contributed by atoms with E-state index in [-0.39, 0.29) is 0 Å². The van der Waals surface area contributed by atoms with Gasteiger partial charge in [-0.05, 0) is 24.6 Å². The Bertz CT molecular complexity index is 656. The van der Waals surface area contributed by atoms with E-state index >= 15 is 0 Å². The van der Waals surface area contributed by atoms with Gasteiger partial charge in [-0.3, -0.25) is 4.99 Å². The number of guanidine groups is 1. The van der Waals surface area contributed by atoms with Gasteiger partial charge in [-0.1, -0.05) is 17.9 Å². The van der Waals surface area contributed by atoms with E-state index in [1.165, 1.54) is 6.07 Å². The van der Waals surface area contributed by atoms with E-state index < -0.39 is 11.7 Å². The second-order valence-electron chi connectivity index (χ2n) is 5.89. The molecule has 1 aliphatic rings.